The Morgan fingerprint density at radius 3 is 2.60 bits per heavy atom. The van der Waals surface area contributed by atoms with E-state index in [-0.39, 0.29) is 28.6 Å². The lowest BCUT2D eigenvalue weighted by molar-refractivity contribution is -0.0000142. The maximum absolute atomic E-state index is 11.3. The third-order valence-corrected chi connectivity index (χ3v) is 3.23. The molecule has 0 spiro atoms. The van der Waals surface area contributed by atoms with Crippen molar-refractivity contribution in [1.29, 1.82) is 5.39 Å². The van der Waals surface area contributed by atoms with Crippen LogP contribution in [0.2, 0.25) is 0 Å². The van der Waals surface area contributed by atoms with E-state index in [9.17, 15) is 13.2 Å². The van der Waals surface area contributed by atoms with Gasteiger partial charge in [0.2, 0.25) is 5.39 Å². The minimum absolute atomic E-state index is 0. The van der Waals surface area contributed by atoms with Gasteiger partial charge >= 0.3 is 5.69 Å². The predicted octanol–water partition coefficient (Wildman–Crippen LogP) is -2.39. The predicted molar refractivity (Wildman–Crippen MR) is 45.8 cm³/mol. The lowest BCUT2D eigenvalue weighted by atomic mass is 10.2. The summed E-state index contributed by atoms with van der Waals surface area (Å²) in [6.07, 6.45) is 0. The van der Waals surface area contributed by atoms with Gasteiger partial charge in [0.15, 0.2) is 10.5 Å². The summed E-state index contributed by atoms with van der Waals surface area (Å²) < 4.78 is 24.3. The van der Waals surface area contributed by atoms with Gasteiger partial charge in [-0.1, -0.05) is 6.07 Å². The third kappa shape index (κ3) is 1.54. The molecule has 1 heterocycles. The van der Waals surface area contributed by atoms with Crippen molar-refractivity contribution in [1.82, 2.24) is 4.72 Å². The van der Waals surface area contributed by atoms with Crippen LogP contribution in [0.5, 0.6) is 0 Å². The molecule has 15 heavy (non-hydrogen) atoms. The fourth-order valence-corrected chi connectivity index (χ4v) is 2.46. The summed E-state index contributed by atoms with van der Waals surface area (Å²) in [4.78, 5) is 13.9. The highest BCUT2D eigenvalue weighted by atomic mass is 35.5. The average Bonchev–Trinajstić information content (AvgIpc) is 2.38. The first-order valence-electron chi connectivity index (χ1n) is 3.61. The molecule has 0 aliphatic carbocycles. The number of carbonyl (C=O) groups excluding carboxylic acids is 1. The van der Waals surface area contributed by atoms with Crippen molar-refractivity contribution >= 4 is 21.6 Å². The van der Waals surface area contributed by atoms with Crippen LogP contribution in [0, 0.1) is 5.39 Å². The Bertz CT molecular complexity index is 576. The monoisotopic (exact) mass is 245 g/mol. The molecule has 0 fully saturated rings. The first kappa shape index (κ1) is 11.4. The number of sulfonamides is 1. The summed E-state index contributed by atoms with van der Waals surface area (Å²) in [5.41, 5.74) is -0.170. The van der Waals surface area contributed by atoms with Crippen molar-refractivity contribution in [3.63, 3.8) is 0 Å². The van der Waals surface area contributed by atoms with Crippen molar-refractivity contribution in [2.75, 3.05) is 0 Å². The van der Waals surface area contributed by atoms with E-state index in [1.807, 2.05) is 0 Å². The lowest BCUT2D eigenvalue weighted by Gasteiger charge is -1.90. The Labute approximate surface area is 91.4 Å². The van der Waals surface area contributed by atoms with Crippen LogP contribution in [0.3, 0.4) is 0 Å². The molecule has 0 bridgehead atoms. The molecule has 0 saturated heterocycles. The van der Waals surface area contributed by atoms with Crippen molar-refractivity contribution in [3.8, 4) is 0 Å². The molecule has 1 aliphatic rings. The van der Waals surface area contributed by atoms with E-state index in [1.54, 1.807) is 4.72 Å². The van der Waals surface area contributed by atoms with E-state index < -0.39 is 15.9 Å². The zero-order valence-corrected chi connectivity index (χ0v) is 8.71. The topological polar surface area (TPSA) is 91.4 Å². The van der Waals surface area contributed by atoms with Crippen LogP contribution in [0.1, 0.15) is 10.4 Å². The number of rotatable bonds is 0. The van der Waals surface area contributed by atoms with E-state index in [2.05, 4.69) is 4.98 Å². The van der Waals surface area contributed by atoms with Crippen molar-refractivity contribution in [2.24, 2.45) is 0 Å². The summed E-state index contributed by atoms with van der Waals surface area (Å²) in [5.74, 6) is -0.770. The highest BCUT2D eigenvalue weighted by molar-refractivity contribution is 7.90. The molecule has 0 aromatic heterocycles. The zero-order chi connectivity index (χ0) is 10.3. The van der Waals surface area contributed by atoms with Crippen LogP contribution in [0.4, 0.5) is 5.69 Å². The normalized spacial score (nSPS) is 15.8. The number of diazo groups is 1. The van der Waals surface area contributed by atoms with Gasteiger partial charge in [0.1, 0.15) is 4.90 Å². The van der Waals surface area contributed by atoms with Gasteiger partial charge in [0.05, 0.1) is 0 Å². The van der Waals surface area contributed by atoms with Crippen molar-refractivity contribution < 1.29 is 25.6 Å². The van der Waals surface area contributed by atoms with Crippen LogP contribution < -0.4 is 17.1 Å². The number of carbonyl (C=O) groups is 1. The number of halogens is 1. The number of fused-ring (bicyclic) bond motifs is 1. The van der Waals surface area contributed by atoms with E-state index in [0.29, 0.717) is 0 Å². The molecule has 0 atom stereocenters. The zero-order valence-electron chi connectivity index (χ0n) is 7.14. The minimum atomic E-state index is -3.76. The van der Waals surface area contributed by atoms with Gasteiger partial charge in [0.25, 0.3) is 15.9 Å². The van der Waals surface area contributed by atoms with Crippen LogP contribution in [-0.4, -0.2) is 14.3 Å². The Balaban J connectivity index is 0.00000112. The molecule has 0 radical (unpaired) electrons. The van der Waals surface area contributed by atoms with Crippen molar-refractivity contribution in [2.45, 2.75) is 4.90 Å². The molecule has 1 amide bonds. The Hall–Kier alpha value is -1.65. The smallest absolute Gasteiger partial charge is 0.399 e. The average molecular weight is 246 g/mol. The highest BCUT2D eigenvalue weighted by Crippen LogP contribution is 2.30. The maximum Gasteiger partial charge on any atom is 0.399 e. The molecule has 8 heteroatoms. The maximum atomic E-state index is 11.3. The van der Waals surface area contributed by atoms with Gasteiger partial charge in [0, 0.05) is 6.07 Å². The second kappa shape index (κ2) is 3.49. The number of benzene rings is 1. The molecule has 1 aromatic carbocycles. The molecule has 1 aliphatic heterocycles. The summed E-state index contributed by atoms with van der Waals surface area (Å²) in [6.45, 7) is 0. The standard InChI is InChI=1S/C7H3N3O3S.ClH/c8-9-4-2-1-3-5-6(4)7(11)10-14(5,12)13;/h1-3H;1H. The summed E-state index contributed by atoms with van der Waals surface area (Å²) >= 11 is 0. The lowest BCUT2D eigenvalue weighted by Crippen LogP contribution is -3.00. The summed E-state index contributed by atoms with van der Waals surface area (Å²) in [5, 5.41) is 8.54. The number of nitrogens with zero attached hydrogens (tertiary/aromatic N) is 2. The number of hydrogen-bond donors (Lipinski definition) is 1. The number of nitrogens with one attached hydrogen (secondary N) is 1. The quantitative estimate of drug-likeness (QED) is 0.516. The Kier molecular flexibility index (Phi) is 2.66. The van der Waals surface area contributed by atoms with Crippen molar-refractivity contribution in [3.05, 3.63) is 28.7 Å². The molecule has 78 valence electrons. The SMILES string of the molecule is N#[N+]c1cccc2c1C(=O)NS2(=O)=O.[Cl-]. The van der Waals surface area contributed by atoms with Gasteiger partial charge in [-0.15, -0.1) is 0 Å². The second-order valence-electron chi connectivity index (χ2n) is 2.68. The molecule has 0 unspecified atom stereocenters. The molecule has 0 saturated carbocycles. The van der Waals surface area contributed by atoms with Crippen LogP contribution in [0.25, 0.3) is 4.98 Å². The first-order chi connectivity index (χ1) is 6.56. The van der Waals surface area contributed by atoms with Gasteiger partial charge in [-0.3, -0.25) is 4.79 Å². The van der Waals surface area contributed by atoms with Gasteiger partial charge in [-0.25, -0.2) is 13.1 Å². The Morgan fingerprint density at radius 2 is 2.00 bits per heavy atom. The van der Waals surface area contributed by atoms with Gasteiger partial charge in [-0.2, -0.15) is 0 Å². The molecule has 1 aromatic rings. The molecular weight excluding hydrogens is 242 g/mol. The number of amides is 1. The summed E-state index contributed by atoms with van der Waals surface area (Å²) in [7, 11) is -3.76. The number of hydrogen-bond acceptors (Lipinski definition) is 4. The molecular formula is C7H4ClN3O3S. The highest BCUT2D eigenvalue weighted by Gasteiger charge is 2.39. The van der Waals surface area contributed by atoms with Crippen LogP contribution >= 0.6 is 0 Å². The van der Waals surface area contributed by atoms with E-state index >= 15 is 0 Å². The minimum Gasteiger partial charge on any atom is -1.00 e. The fraction of sp³-hybridized carbons (Fsp3) is 0. The van der Waals surface area contributed by atoms with Crippen LogP contribution in [0.15, 0.2) is 23.1 Å². The van der Waals surface area contributed by atoms with Gasteiger partial charge < -0.3 is 12.4 Å². The molecule has 2 rings (SSSR count). The molecule has 1 N–H and O–H groups in total. The molecule has 6 nitrogen and oxygen atoms in total. The second-order valence-corrected chi connectivity index (χ2v) is 4.34. The van der Waals surface area contributed by atoms with E-state index in [4.69, 9.17) is 5.39 Å². The third-order valence-electron chi connectivity index (χ3n) is 1.86. The Morgan fingerprint density at radius 1 is 1.33 bits per heavy atom. The van der Waals surface area contributed by atoms with E-state index in [1.165, 1.54) is 18.2 Å². The van der Waals surface area contributed by atoms with E-state index in [0.717, 1.165) is 0 Å². The summed E-state index contributed by atoms with van der Waals surface area (Å²) in [6, 6.07) is 4.02. The van der Waals surface area contributed by atoms with Crippen LogP contribution in [-0.2, 0) is 10.0 Å². The fourth-order valence-electron chi connectivity index (χ4n) is 1.28. The first-order valence-corrected chi connectivity index (χ1v) is 5.10. The largest absolute Gasteiger partial charge is 1.00 e. The van der Waals surface area contributed by atoms with Gasteiger partial charge in [-0.05, 0) is 6.07 Å².